The molecule has 0 nitrogen and oxygen atoms in total. The van der Waals surface area contributed by atoms with Gasteiger partial charge in [-0.15, -0.1) is 0 Å². The first-order valence-corrected chi connectivity index (χ1v) is 9.52. The first-order chi connectivity index (χ1) is 10.4. The highest BCUT2D eigenvalue weighted by atomic mass is 14.2. The lowest BCUT2D eigenvalue weighted by Gasteiger charge is -2.21. The Bertz CT molecular complexity index is 334. The quantitative estimate of drug-likeness (QED) is 0.270. The van der Waals surface area contributed by atoms with E-state index in [0.29, 0.717) is 5.92 Å². The summed E-state index contributed by atoms with van der Waals surface area (Å²) in [5.41, 5.74) is 3.20. The maximum atomic E-state index is 2.44. The van der Waals surface area contributed by atoms with E-state index in [1.54, 1.807) is 17.1 Å². The Labute approximate surface area is 141 Å². The topological polar surface area (TPSA) is 0 Å². The average molecular weight is 306 g/mol. The SMILES string of the molecule is CC=CCC[C+](CC)C(C)=C(C)C(C)C(C)CCC(C)CC. The van der Waals surface area contributed by atoms with Crippen molar-refractivity contribution in [2.75, 3.05) is 0 Å². The molecular formula is C22H41+. The number of hydrogen-bond acceptors (Lipinski definition) is 0. The van der Waals surface area contributed by atoms with Gasteiger partial charge in [0.1, 0.15) is 5.57 Å². The summed E-state index contributed by atoms with van der Waals surface area (Å²) in [7, 11) is 0. The molecule has 0 heteroatoms. The summed E-state index contributed by atoms with van der Waals surface area (Å²) in [6.07, 6.45) is 12.1. The van der Waals surface area contributed by atoms with Crippen molar-refractivity contribution in [3.8, 4) is 0 Å². The molecule has 0 radical (unpaired) electrons. The zero-order valence-electron chi connectivity index (χ0n) is 16.6. The maximum absolute atomic E-state index is 2.44. The van der Waals surface area contributed by atoms with E-state index in [1.165, 1.54) is 38.5 Å². The number of rotatable bonds is 11. The highest BCUT2D eigenvalue weighted by Gasteiger charge is 2.26. The van der Waals surface area contributed by atoms with Crippen molar-refractivity contribution in [3.63, 3.8) is 0 Å². The molecule has 0 aliphatic rings. The first-order valence-electron chi connectivity index (χ1n) is 9.52. The molecule has 0 bridgehead atoms. The molecule has 0 N–H and O–H groups in total. The molecule has 0 rings (SSSR count). The van der Waals surface area contributed by atoms with Gasteiger partial charge < -0.3 is 0 Å². The van der Waals surface area contributed by atoms with Crippen molar-refractivity contribution < 1.29 is 0 Å². The first kappa shape index (κ1) is 21.4. The molecule has 0 spiro atoms. The van der Waals surface area contributed by atoms with Gasteiger partial charge in [-0.25, -0.2) is 0 Å². The van der Waals surface area contributed by atoms with Gasteiger partial charge in [0.2, 0.25) is 0 Å². The van der Waals surface area contributed by atoms with Crippen LogP contribution in [0.5, 0.6) is 0 Å². The van der Waals surface area contributed by atoms with E-state index in [-0.39, 0.29) is 0 Å². The predicted molar refractivity (Wildman–Crippen MR) is 103 cm³/mol. The Balaban J connectivity index is 4.72. The van der Waals surface area contributed by atoms with E-state index in [2.05, 4.69) is 67.5 Å². The van der Waals surface area contributed by atoms with Crippen molar-refractivity contribution in [2.24, 2.45) is 17.8 Å². The van der Waals surface area contributed by atoms with E-state index in [9.17, 15) is 0 Å². The molecular weight excluding hydrogens is 264 g/mol. The van der Waals surface area contributed by atoms with Crippen LogP contribution in [0, 0.1) is 23.7 Å². The second-order valence-electron chi connectivity index (χ2n) is 7.23. The smallest absolute Gasteiger partial charge is 0.0916 e. The Morgan fingerprint density at radius 3 is 2.18 bits per heavy atom. The zero-order valence-corrected chi connectivity index (χ0v) is 16.6. The lowest BCUT2D eigenvalue weighted by atomic mass is 9.79. The van der Waals surface area contributed by atoms with Gasteiger partial charge in [0.05, 0.1) is 11.5 Å². The molecule has 0 heterocycles. The van der Waals surface area contributed by atoms with Gasteiger partial charge in [-0.2, -0.15) is 0 Å². The van der Waals surface area contributed by atoms with E-state index < -0.39 is 0 Å². The summed E-state index contributed by atoms with van der Waals surface area (Å²) < 4.78 is 0. The fourth-order valence-corrected chi connectivity index (χ4v) is 3.10. The van der Waals surface area contributed by atoms with Crippen molar-refractivity contribution in [3.05, 3.63) is 29.2 Å². The van der Waals surface area contributed by atoms with Gasteiger partial charge in [0, 0.05) is 25.7 Å². The third-order valence-corrected chi connectivity index (χ3v) is 5.75. The van der Waals surface area contributed by atoms with Crippen LogP contribution >= 0.6 is 0 Å². The Morgan fingerprint density at radius 2 is 1.68 bits per heavy atom. The number of hydrogen-bond donors (Lipinski definition) is 0. The van der Waals surface area contributed by atoms with E-state index in [4.69, 9.17) is 0 Å². The molecule has 0 aromatic heterocycles. The Morgan fingerprint density at radius 1 is 1.05 bits per heavy atom. The van der Waals surface area contributed by atoms with Gasteiger partial charge in [-0.05, 0) is 52.4 Å². The molecule has 0 aromatic carbocycles. The Hall–Kier alpha value is -0.650. The summed E-state index contributed by atoms with van der Waals surface area (Å²) in [5.74, 6) is 4.01. The normalized spacial score (nSPS) is 17.3. The minimum Gasteiger partial charge on any atom is -0.0916 e. The highest BCUT2D eigenvalue weighted by molar-refractivity contribution is 5.28. The predicted octanol–water partition coefficient (Wildman–Crippen LogP) is 7.76. The standard InChI is InChI=1S/C22H41/c1-9-12-13-14-22(11-3)21(8)20(7)19(6)18(5)16-15-17(4)10-2/h9,12,17-19H,10-11,13-16H2,1-8H3/q+1. The van der Waals surface area contributed by atoms with Crippen LogP contribution < -0.4 is 0 Å². The fourth-order valence-electron chi connectivity index (χ4n) is 3.10. The van der Waals surface area contributed by atoms with E-state index >= 15 is 0 Å². The molecule has 0 aromatic rings. The van der Waals surface area contributed by atoms with Crippen molar-refractivity contribution >= 4 is 0 Å². The van der Waals surface area contributed by atoms with Crippen LogP contribution in [0.2, 0.25) is 0 Å². The van der Waals surface area contributed by atoms with Gasteiger partial charge in [-0.3, -0.25) is 0 Å². The van der Waals surface area contributed by atoms with Crippen LogP contribution in [-0.2, 0) is 0 Å². The minimum absolute atomic E-state index is 0.701. The third kappa shape index (κ3) is 7.56. The molecule has 128 valence electrons. The average Bonchev–Trinajstić information content (AvgIpc) is 2.54. The maximum Gasteiger partial charge on any atom is 0.105 e. The van der Waals surface area contributed by atoms with Crippen LogP contribution in [0.3, 0.4) is 0 Å². The molecule has 3 unspecified atom stereocenters. The Kier molecular flexibility index (Phi) is 11.5. The lowest BCUT2D eigenvalue weighted by molar-refractivity contribution is 0.358. The van der Waals surface area contributed by atoms with E-state index in [0.717, 1.165) is 11.8 Å². The minimum atomic E-state index is 0.701. The number of allylic oxidation sites excluding steroid dienone is 4. The molecule has 0 fully saturated rings. The van der Waals surface area contributed by atoms with Gasteiger partial charge in [-0.1, -0.05) is 45.8 Å². The monoisotopic (exact) mass is 305 g/mol. The molecule has 0 saturated carbocycles. The van der Waals surface area contributed by atoms with Crippen molar-refractivity contribution in [1.29, 1.82) is 0 Å². The molecule has 0 saturated heterocycles. The van der Waals surface area contributed by atoms with E-state index in [1.807, 2.05) is 0 Å². The van der Waals surface area contributed by atoms with Crippen molar-refractivity contribution in [2.45, 2.75) is 93.9 Å². The molecule has 22 heavy (non-hydrogen) atoms. The van der Waals surface area contributed by atoms with Crippen molar-refractivity contribution in [1.82, 2.24) is 0 Å². The highest BCUT2D eigenvalue weighted by Crippen LogP contribution is 2.33. The summed E-state index contributed by atoms with van der Waals surface area (Å²) in [4.78, 5) is 0. The van der Waals surface area contributed by atoms with Crippen LogP contribution in [0.25, 0.3) is 0 Å². The van der Waals surface area contributed by atoms with Crippen LogP contribution in [0.4, 0.5) is 0 Å². The molecule has 0 amide bonds. The lowest BCUT2D eigenvalue weighted by Crippen LogP contribution is -2.14. The van der Waals surface area contributed by atoms with Gasteiger partial charge >= 0.3 is 0 Å². The summed E-state index contributed by atoms with van der Waals surface area (Å²) in [5, 5.41) is 0. The summed E-state index contributed by atoms with van der Waals surface area (Å²) in [6, 6.07) is 0. The molecule has 3 atom stereocenters. The van der Waals surface area contributed by atoms with Crippen LogP contribution in [0.15, 0.2) is 23.3 Å². The van der Waals surface area contributed by atoms with Crippen LogP contribution in [0.1, 0.15) is 93.9 Å². The summed E-state index contributed by atoms with van der Waals surface area (Å²) in [6.45, 7) is 18.7. The molecule has 0 aliphatic heterocycles. The van der Waals surface area contributed by atoms with Gasteiger partial charge in [0.25, 0.3) is 0 Å². The molecule has 0 aliphatic carbocycles. The zero-order chi connectivity index (χ0) is 17.1. The summed E-state index contributed by atoms with van der Waals surface area (Å²) >= 11 is 0. The second kappa shape index (κ2) is 11.9. The van der Waals surface area contributed by atoms with Gasteiger partial charge in [0.15, 0.2) is 0 Å². The largest absolute Gasteiger partial charge is 0.105 e. The fraction of sp³-hybridized carbons (Fsp3) is 0.773. The third-order valence-electron chi connectivity index (χ3n) is 5.75. The van der Waals surface area contributed by atoms with Crippen LogP contribution in [-0.4, -0.2) is 0 Å². The second-order valence-corrected chi connectivity index (χ2v) is 7.23.